The average molecular weight is 707 g/mol. The number of nitrogens with zero attached hydrogens (tertiary/aromatic N) is 2. The molecule has 2 atom stereocenters. The number of thioether (sulfide) groups is 3. The Morgan fingerprint density at radius 3 is 2.50 bits per heavy atom. The zero-order valence-corrected chi connectivity index (χ0v) is 26.1. The zero-order chi connectivity index (χ0) is 28.3. The lowest BCUT2D eigenvalue weighted by Gasteiger charge is -2.49. The lowest BCUT2D eigenvalue weighted by Crippen LogP contribution is -3.00. The Morgan fingerprint density at radius 2 is 1.85 bits per heavy atom. The number of carboxylic acid groups (broad SMARTS) is 2. The molecule has 1 aromatic carbocycles. The van der Waals surface area contributed by atoms with Gasteiger partial charge in [0, 0.05) is 38.5 Å². The van der Waals surface area contributed by atoms with Crippen LogP contribution in [0, 0.1) is 0 Å². The number of β-lactam (4-membered cyclic amide) rings is 1. The van der Waals surface area contributed by atoms with E-state index in [4.69, 9.17) is 28.3 Å². The highest BCUT2D eigenvalue weighted by molar-refractivity contribution is 8.01. The number of aromatic nitrogens is 1. The summed E-state index contributed by atoms with van der Waals surface area (Å²) in [5.41, 5.74) is 0.614. The smallest absolute Gasteiger partial charge is 0.352 e. The molecule has 9 nitrogen and oxygen atoms in total. The monoisotopic (exact) mass is 705 g/mol. The molecule has 0 saturated carbocycles. The molecular formula is C25H22BrCl2N3O6S3. The van der Waals surface area contributed by atoms with Crippen LogP contribution in [0.15, 0.2) is 75.9 Å². The van der Waals surface area contributed by atoms with E-state index in [9.17, 15) is 24.3 Å². The van der Waals surface area contributed by atoms with Gasteiger partial charge in [0.25, 0.3) is 5.91 Å². The molecule has 3 heterocycles. The van der Waals surface area contributed by atoms with Gasteiger partial charge < -0.3 is 32.5 Å². The number of hydrogen-bond donors (Lipinski definition) is 3. The summed E-state index contributed by atoms with van der Waals surface area (Å²) in [4.78, 5) is 51.3. The quantitative estimate of drug-likeness (QED) is 0.133. The molecule has 1 fully saturated rings. The maximum absolute atomic E-state index is 12.9. The fraction of sp³-hybridized carbons (Fsp3) is 0.240. The number of pyridine rings is 1. The van der Waals surface area contributed by atoms with Gasteiger partial charge in [0.15, 0.2) is 18.9 Å². The van der Waals surface area contributed by atoms with Crippen molar-refractivity contribution in [3.8, 4) is 0 Å². The molecule has 212 valence electrons. The van der Waals surface area contributed by atoms with Crippen LogP contribution in [-0.2, 0) is 25.7 Å². The van der Waals surface area contributed by atoms with Crippen LogP contribution in [0.4, 0.5) is 0 Å². The summed E-state index contributed by atoms with van der Waals surface area (Å²) in [5, 5.41) is 22.0. The fourth-order valence-corrected chi connectivity index (χ4v) is 7.52. The summed E-state index contributed by atoms with van der Waals surface area (Å²) in [6.45, 7) is 3.66. The first-order valence-corrected chi connectivity index (χ1v) is 15.1. The van der Waals surface area contributed by atoms with E-state index in [1.54, 1.807) is 47.3 Å². The number of fused-ring (bicyclic) bond motifs is 1. The normalized spacial score (nSPS) is 17.9. The molecular weight excluding hydrogens is 685 g/mol. The van der Waals surface area contributed by atoms with Gasteiger partial charge in [-0.15, -0.1) is 35.3 Å². The van der Waals surface area contributed by atoms with Crippen molar-refractivity contribution in [2.24, 2.45) is 0 Å². The number of nitrogens with one attached hydrogen (secondary N) is 1. The SMILES string of the molecule is C=C(C[n+]1ccc(SCC2=C(C(=O)O)N3C(=O)[C@@H](NC(=O)CSc4cc(Cl)ccc4Cl)C3SC2)cc1)C(=O)O.[Br-]. The highest BCUT2D eigenvalue weighted by atomic mass is 79.9. The van der Waals surface area contributed by atoms with Crippen molar-refractivity contribution in [1.29, 1.82) is 0 Å². The third-order valence-corrected chi connectivity index (χ3v) is 9.94. The Hall–Kier alpha value is -2.16. The minimum atomic E-state index is -1.20. The number of rotatable bonds is 11. The van der Waals surface area contributed by atoms with Crippen molar-refractivity contribution < 1.29 is 50.9 Å². The first-order valence-electron chi connectivity index (χ1n) is 11.4. The summed E-state index contributed by atoms with van der Waals surface area (Å²) in [6.07, 6.45) is 3.44. The highest BCUT2D eigenvalue weighted by Crippen LogP contribution is 2.41. The molecule has 2 aliphatic heterocycles. The molecule has 40 heavy (non-hydrogen) atoms. The molecule has 2 amide bonds. The molecule has 0 aliphatic carbocycles. The molecule has 1 saturated heterocycles. The first-order chi connectivity index (χ1) is 18.5. The second-order valence-electron chi connectivity index (χ2n) is 8.48. The molecule has 0 bridgehead atoms. The Morgan fingerprint density at radius 1 is 1.15 bits per heavy atom. The van der Waals surface area contributed by atoms with Crippen LogP contribution >= 0.6 is 58.5 Å². The standard InChI is InChI=1S/C25H21Cl2N3O6S3.BrH/c1-13(24(33)34)9-29-6-4-16(5-7-29)37-10-14-11-39-23-20(22(32)30(23)21(14)25(35)36)28-19(31)12-38-18-8-15(26)2-3-17(18)27;/h2-8,20,23H,1,9-12H2,(H2-,28,31,33,34,35,36);1H/t20-,23?;/m1./s1. The number of amides is 2. The summed E-state index contributed by atoms with van der Waals surface area (Å²) >= 11 is 16.1. The molecule has 0 spiro atoms. The second-order valence-corrected chi connectivity index (χ2v) is 12.5. The predicted octanol–water partition coefficient (Wildman–Crippen LogP) is 0.549. The van der Waals surface area contributed by atoms with Gasteiger partial charge in [-0.2, -0.15) is 0 Å². The average Bonchev–Trinajstić information content (AvgIpc) is 2.91. The van der Waals surface area contributed by atoms with E-state index >= 15 is 0 Å². The number of carbonyl (C=O) groups is 4. The van der Waals surface area contributed by atoms with Gasteiger partial charge in [-0.3, -0.25) is 14.5 Å². The third-order valence-electron chi connectivity index (χ3n) is 5.77. The van der Waals surface area contributed by atoms with Gasteiger partial charge >= 0.3 is 11.9 Å². The molecule has 4 rings (SSSR count). The molecule has 1 aromatic heterocycles. The van der Waals surface area contributed by atoms with Crippen molar-refractivity contribution in [3.63, 3.8) is 0 Å². The van der Waals surface area contributed by atoms with Crippen molar-refractivity contribution >= 4 is 82.2 Å². The number of hydrogen-bond acceptors (Lipinski definition) is 7. The van der Waals surface area contributed by atoms with E-state index < -0.39 is 29.3 Å². The van der Waals surface area contributed by atoms with Crippen molar-refractivity contribution in [2.75, 3.05) is 17.3 Å². The number of carboxylic acids is 2. The van der Waals surface area contributed by atoms with Crippen LogP contribution in [-0.4, -0.2) is 67.5 Å². The number of aliphatic carboxylic acids is 2. The Kier molecular flexibility index (Phi) is 11.4. The van der Waals surface area contributed by atoms with Crippen molar-refractivity contribution in [2.45, 2.75) is 27.8 Å². The van der Waals surface area contributed by atoms with Crippen LogP contribution in [0.2, 0.25) is 10.0 Å². The number of carbonyl (C=O) groups excluding carboxylic acids is 2. The van der Waals surface area contributed by atoms with Crippen LogP contribution in [0.3, 0.4) is 0 Å². The summed E-state index contributed by atoms with van der Waals surface area (Å²) in [5.74, 6) is -2.33. The highest BCUT2D eigenvalue weighted by Gasteiger charge is 2.54. The topological polar surface area (TPSA) is 128 Å². The largest absolute Gasteiger partial charge is 1.00 e. The van der Waals surface area contributed by atoms with Crippen LogP contribution in [0.25, 0.3) is 0 Å². The molecule has 2 aliphatic rings. The maximum Gasteiger partial charge on any atom is 0.352 e. The van der Waals surface area contributed by atoms with Crippen LogP contribution in [0.5, 0.6) is 0 Å². The van der Waals surface area contributed by atoms with Crippen molar-refractivity contribution in [1.82, 2.24) is 10.2 Å². The van der Waals surface area contributed by atoms with E-state index in [-0.39, 0.29) is 46.5 Å². The summed E-state index contributed by atoms with van der Waals surface area (Å²) in [7, 11) is 0. The van der Waals surface area contributed by atoms with Gasteiger partial charge in [0.2, 0.25) is 5.91 Å². The van der Waals surface area contributed by atoms with Gasteiger partial charge in [-0.25, -0.2) is 14.2 Å². The van der Waals surface area contributed by atoms with E-state index in [1.165, 1.54) is 40.2 Å². The Labute approximate surface area is 263 Å². The number of benzene rings is 1. The van der Waals surface area contributed by atoms with Gasteiger partial charge in [0.1, 0.15) is 17.1 Å². The third kappa shape index (κ3) is 7.56. The van der Waals surface area contributed by atoms with E-state index in [0.717, 1.165) is 4.90 Å². The molecule has 0 radical (unpaired) electrons. The van der Waals surface area contributed by atoms with E-state index in [2.05, 4.69) is 11.9 Å². The summed E-state index contributed by atoms with van der Waals surface area (Å²) in [6, 6.07) is 7.73. The minimum Gasteiger partial charge on any atom is -1.00 e. The van der Waals surface area contributed by atoms with E-state index in [0.29, 0.717) is 32.0 Å². The lowest BCUT2D eigenvalue weighted by molar-refractivity contribution is -0.688. The maximum atomic E-state index is 12.9. The zero-order valence-electron chi connectivity index (χ0n) is 20.5. The predicted molar refractivity (Wildman–Crippen MR) is 151 cm³/mol. The van der Waals surface area contributed by atoms with Gasteiger partial charge in [0.05, 0.1) is 16.3 Å². The van der Waals surface area contributed by atoms with E-state index in [1.807, 2.05) is 0 Å². The van der Waals surface area contributed by atoms with Crippen LogP contribution < -0.4 is 26.9 Å². The first kappa shape index (κ1) is 32.4. The second kappa shape index (κ2) is 14.1. The van der Waals surface area contributed by atoms with Gasteiger partial charge in [-0.05, 0) is 23.8 Å². The molecule has 1 unspecified atom stereocenters. The lowest BCUT2D eigenvalue weighted by atomic mass is 10.0. The van der Waals surface area contributed by atoms with Gasteiger partial charge in [-0.1, -0.05) is 29.8 Å². The summed E-state index contributed by atoms with van der Waals surface area (Å²) < 4.78 is 1.68. The Balaban J connectivity index is 0.00000441. The van der Waals surface area contributed by atoms with Crippen LogP contribution in [0.1, 0.15) is 0 Å². The minimum absolute atomic E-state index is 0. The number of halogens is 3. The van der Waals surface area contributed by atoms with Crippen molar-refractivity contribution in [3.05, 3.63) is 76.2 Å². The molecule has 3 N–H and O–H groups in total. The molecule has 2 aromatic rings. The molecule has 15 heteroatoms. The fourth-order valence-electron chi connectivity index (χ4n) is 3.84. The Bertz CT molecular complexity index is 1390.